The van der Waals surface area contributed by atoms with E-state index < -0.39 is 34.8 Å². The van der Waals surface area contributed by atoms with E-state index in [-0.39, 0.29) is 22.9 Å². The number of anilines is 1. The summed E-state index contributed by atoms with van der Waals surface area (Å²) >= 11 is 0.741. The van der Waals surface area contributed by atoms with Crippen molar-refractivity contribution in [2.75, 3.05) is 12.3 Å². The van der Waals surface area contributed by atoms with Crippen LogP contribution in [0.3, 0.4) is 0 Å². The van der Waals surface area contributed by atoms with Crippen LogP contribution in [0.5, 0.6) is 0 Å². The summed E-state index contributed by atoms with van der Waals surface area (Å²) in [7, 11) is 0. The molecule has 10 heteroatoms. The summed E-state index contributed by atoms with van der Waals surface area (Å²) in [5.74, 6) is -0.627. The molecule has 4 rings (SSSR count). The Kier molecular flexibility index (Phi) is 4.56. The van der Waals surface area contributed by atoms with E-state index in [0.29, 0.717) is 12.0 Å². The first-order valence-electron chi connectivity index (χ1n) is 8.39. The fourth-order valence-corrected chi connectivity index (χ4v) is 4.34. The maximum absolute atomic E-state index is 12.6. The number of benzene rings is 1. The molecule has 0 amide bonds. The number of nitrogens with zero attached hydrogens (tertiary/aromatic N) is 2. The Hall–Kier alpha value is -2.53. The number of nitrogen functional groups attached to an aromatic ring is 1. The number of aliphatic hydroxyl groups is 2. The van der Waals surface area contributed by atoms with Crippen LogP contribution in [0, 0.1) is 5.92 Å². The topological polar surface area (TPSA) is 143 Å². The minimum atomic E-state index is -0.922. The molecule has 0 spiro atoms. The maximum Gasteiger partial charge on any atom is 0.311 e. The number of thiazole rings is 1. The van der Waals surface area contributed by atoms with Crippen LogP contribution in [-0.4, -0.2) is 37.5 Å². The van der Waals surface area contributed by atoms with Crippen LogP contribution in [0.1, 0.15) is 24.3 Å². The molecule has 4 atom stereocenters. The van der Waals surface area contributed by atoms with Gasteiger partial charge in [0.15, 0.2) is 5.65 Å². The van der Waals surface area contributed by atoms with Crippen LogP contribution in [0.2, 0.25) is 0 Å². The van der Waals surface area contributed by atoms with E-state index in [1.807, 2.05) is 6.07 Å². The number of nitrogens with two attached hydrogens (primary N) is 1. The molecule has 0 saturated carbocycles. The summed E-state index contributed by atoms with van der Waals surface area (Å²) in [6.45, 7) is -0.249. The fraction of sp³-hybridized carbons (Fsp3) is 0.353. The highest BCUT2D eigenvalue weighted by Gasteiger charge is 2.42. The van der Waals surface area contributed by atoms with Gasteiger partial charge in [-0.05, 0) is 12.0 Å². The Morgan fingerprint density at radius 1 is 1.37 bits per heavy atom. The van der Waals surface area contributed by atoms with Gasteiger partial charge in [-0.3, -0.25) is 19.1 Å². The molecule has 3 heterocycles. The first-order valence-corrected chi connectivity index (χ1v) is 9.21. The van der Waals surface area contributed by atoms with Crippen LogP contribution in [0.15, 0.2) is 39.9 Å². The number of fused-ring (bicyclic) bond motifs is 1. The number of nitrogens with one attached hydrogen (secondary N) is 1. The second-order valence-electron chi connectivity index (χ2n) is 6.43. The minimum Gasteiger partial charge on any atom is -0.394 e. The van der Waals surface area contributed by atoms with Crippen LogP contribution in [0.25, 0.3) is 10.3 Å². The van der Waals surface area contributed by atoms with Crippen LogP contribution >= 0.6 is 11.3 Å². The quantitative estimate of drug-likeness (QED) is 0.503. The fourth-order valence-electron chi connectivity index (χ4n) is 3.50. The lowest BCUT2D eigenvalue weighted by atomic mass is 9.91. The molecule has 2 aromatic heterocycles. The second-order valence-corrected chi connectivity index (χ2v) is 7.39. The van der Waals surface area contributed by atoms with Crippen LogP contribution in [0.4, 0.5) is 5.95 Å². The van der Waals surface area contributed by atoms with Crippen LogP contribution < -0.4 is 16.2 Å². The molecule has 1 unspecified atom stereocenters. The van der Waals surface area contributed by atoms with Gasteiger partial charge in [-0.1, -0.05) is 41.7 Å². The monoisotopic (exact) mass is 390 g/mol. The molecule has 0 bridgehead atoms. The third-order valence-corrected chi connectivity index (χ3v) is 5.67. The number of ether oxygens (including phenoxy) is 1. The Balaban J connectivity index is 1.83. The average molecular weight is 390 g/mol. The molecule has 3 aromatic rings. The van der Waals surface area contributed by atoms with E-state index in [1.165, 1.54) is 4.57 Å². The summed E-state index contributed by atoms with van der Waals surface area (Å²) in [5.41, 5.74) is 5.91. The second kappa shape index (κ2) is 6.89. The van der Waals surface area contributed by atoms with Gasteiger partial charge in [0, 0.05) is 5.92 Å². The molecule has 1 aromatic carbocycles. The SMILES string of the molecule is Nc1nc2c(sc(=O)n2[C@@H]2O[C@H](CO)C[C@H]2C(O)c2ccccc2)c(=O)[nH]1. The number of aromatic nitrogens is 3. The summed E-state index contributed by atoms with van der Waals surface area (Å²) in [6.07, 6.45) is -2.00. The lowest BCUT2D eigenvalue weighted by Crippen LogP contribution is -2.28. The van der Waals surface area contributed by atoms with Gasteiger partial charge < -0.3 is 20.7 Å². The molecule has 1 fully saturated rings. The molecule has 1 aliphatic rings. The standard InChI is InChI=1S/C17H18N4O5S/c18-16-19-13-12(14(24)20-16)27-17(25)21(13)15-10(6-9(7-22)26-15)11(23)8-4-2-1-3-5-8/h1-5,9-11,15,22-23H,6-7H2,(H3,18,19,20,24)/t9-,10-,11?,15+/m0/s1. The first kappa shape index (κ1) is 17.9. The zero-order valence-electron chi connectivity index (χ0n) is 14.1. The molecule has 1 aliphatic heterocycles. The van der Waals surface area contributed by atoms with E-state index in [2.05, 4.69) is 9.97 Å². The zero-order valence-corrected chi connectivity index (χ0v) is 14.9. The number of aliphatic hydroxyl groups excluding tert-OH is 2. The van der Waals surface area contributed by atoms with Crippen molar-refractivity contribution < 1.29 is 14.9 Å². The van der Waals surface area contributed by atoms with Gasteiger partial charge in [-0.25, -0.2) is 0 Å². The lowest BCUT2D eigenvalue weighted by Gasteiger charge is -2.24. The van der Waals surface area contributed by atoms with Crippen molar-refractivity contribution in [3.05, 3.63) is 55.9 Å². The predicted molar refractivity (Wildman–Crippen MR) is 99.4 cm³/mol. The maximum atomic E-state index is 12.6. The van der Waals surface area contributed by atoms with E-state index in [1.54, 1.807) is 24.3 Å². The molecule has 142 valence electrons. The molecular weight excluding hydrogens is 372 g/mol. The summed E-state index contributed by atoms with van der Waals surface area (Å²) < 4.78 is 7.23. The van der Waals surface area contributed by atoms with Crippen molar-refractivity contribution in [2.24, 2.45) is 5.92 Å². The van der Waals surface area contributed by atoms with Crippen molar-refractivity contribution in [1.82, 2.24) is 14.5 Å². The summed E-state index contributed by atoms with van der Waals surface area (Å²) in [6, 6.07) is 9.01. The van der Waals surface area contributed by atoms with Gasteiger partial charge in [0.05, 0.1) is 18.8 Å². The zero-order chi connectivity index (χ0) is 19.1. The third-order valence-electron chi connectivity index (χ3n) is 4.73. The number of hydrogen-bond donors (Lipinski definition) is 4. The van der Waals surface area contributed by atoms with Gasteiger partial charge >= 0.3 is 4.87 Å². The van der Waals surface area contributed by atoms with E-state index >= 15 is 0 Å². The Morgan fingerprint density at radius 2 is 2.11 bits per heavy atom. The number of aromatic amines is 1. The highest BCUT2D eigenvalue weighted by atomic mass is 32.1. The Bertz CT molecular complexity index is 1080. The van der Waals surface area contributed by atoms with Crippen molar-refractivity contribution in [3.8, 4) is 0 Å². The molecule has 27 heavy (non-hydrogen) atoms. The Labute approximate surface area is 156 Å². The number of hydrogen-bond acceptors (Lipinski definition) is 8. The summed E-state index contributed by atoms with van der Waals surface area (Å²) in [4.78, 5) is 30.7. The molecule has 0 aliphatic carbocycles. The molecular formula is C17H18N4O5S. The third kappa shape index (κ3) is 3.06. The smallest absolute Gasteiger partial charge is 0.311 e. The molecule has 9 nitrogen and oxygen atoms in total. The van der Waals surface area contributed by atoms with Gasteiger partial charge in [0.1, 0.15) is 10.9 Å². The molecule has 0 radical (unpaired) electrons. The van der Waals surface area contributed by atoms with E-state index in [4.69, 9.17) is 10.5 Å². The number of rotatable bonds is 4. The largest absolute Gasteiger partial charge is 0.394 e. The average Bonchev–Trinajstić information content (AvgIpc) is 3.22. The van der Waals surface area contributed by atoms with Crippen molar-refractivity contribution >= 4 is 27.6 Å². The first-order chi connectivity index (χ1) is 13.0. The van der Waals surface area contributed by atoms with E-state index in [0.717, 1.165) is 11.3 Å². The lowest BCUT2D eigenvalue weighted by molar-refractivity contribution is -0.0498. The van der Waals surface area contributed by atoms with Crippen molar-refractivity contribution in [2.45, 2.75) is 24.9 Å². The highest BCUT2D eigenvalue weighted by Crippen LogP contribution is 2.42. The normalized spacial score (nSPS) is 23.7. The van der Waals surface area contributed by atoms with E-state index in [9.17, 15) is 19.8 Å². The van der Waals surface area contributed by atoms with Gasteiger partial charge in [-0.15, -0.1) is 0 Å². The van der Waals surface area contributed by atoms with Crippen molar-refractivity contribution in [1.29, 1.82) is 0 Å². The summed E-state index contributed by atoms with van der Waals surface area (Å²) in [5, 5.41) is 20.4. The number of H-pyrrole nitrogens is 1. The predicted octanol–water partition coefficient (Wildman–Crippen LogP) is 0.358. The van der Waals surface area contributed by atoms with Crippen LogP contribution in [-0.2, 0) is 4.74 Å². The van der Waals surface area contributed by atoms with Gasteiger partial charge in [0.2, 0.25) is 5.95 Å². The Morgan fingerprint density at radius 3 is 2.81 bits per heavy atom. The van der Waals surface area contributed by atoms with Crippen molar-refractivity contribution in [3.63, 3.8) is 0 Å². The van der Waals surface area contributed by atoms with Gasteiger partial charge in [0.25, 0.3) is 5.56 Å². The highest BCUT2D eigenvalue weighted by molar-refractivity contribution is 7.16. The molecule has 1 saturated heterocycles. The molecule has 5 N–H and O–H groups in total. The minimum absolute atomic E-state index is 0.111. The van der Waals surface area contributed by atoms with Gasteiger partial charge in [-0.2, -0.15) is 4.98 Å².